The van der Waals surface area contributed by atoms with Crippen molar-refractivity contribution in [3.05, 3.63) is 0 Å². The Morgan fingerprint density at radius 2 is 2.06 bits per heavy atom. The first-order valence-electron chi connectivity index (χ1n) is 5.97. The first-order chi connectivity index (χ1) is 7.93. The van der Waals surface area contributed by atoms with Crippen LogP contribution in [-0.4, -0.2) is 55.1 Å². The summed E-state index contributed by atoms with van der Waals surface area (Å²) in [5.74, 6) is 0. The van der Waals surface area contributed by atoms with E-state index in [0.29, 0.717) is 19.6 Å². The lowest BCUT2D eigenvalue weighted by Crippen LogP contribution is -2.63. The van der Waals surface area contributed by atoms with Gasteiger partial charge in [-0.2, -0.15) is 0 Å². The molecule has 1 heterocycles. The summed E-state index contributed by atoms with van der Waals surface area (Å²) in [6.45, 7) is 6.17. The summed E-state index contributed by atoms with van der Waals surface area (Å²) < 4.78 is 16.2. The molecule has 5 nitrogen and oxygen atoms in total. The van der Waals surface area contributed by atoms with Crippen molar-refractivity contribution in [1.29, 1.82) is 0 Å². The van der Waals surface area contributed by atoms with E-state index in [1.165, 1.54) is 0 Å². The Bertz CT molecular complexity index is 247. The fourth-order valence-corrected chi connectivity index (χ4v) is 2.34. The van der Waals surface area contributed by atoms with E-state index in [1.807, 2.05) is 20.8 Å². The van der Waals surface area contributed by atoms with Crippen LogP contribution in [0.5, 0.6) is 0 Å². The van der Waals surface area contributed by atoms with E-state index in [-0.39, 0.29) is 0 Å². The fraction of sp³-hybridized carbons (Fsp3) is 1.00. The molecular weight excluding hydrogens is 224 g/mol. The number of hydrogen-bond donors (Lipinski definition) is 2. The third-order valence-corrected chi connectivity index (χ3v) is 3.76. The van der Waals surface area contributed by atoms with Gasteiger partial charge in [0.2, 0.25) is 0 Å². The van der Waals surface area contributed by atoms with Crippen LogP contribution >= 0.6 is 0 Å². The van der Waals surface area contributed by atoms with Crippen LogP contribution in [0.2, 0.25) is 0 Å². The quantitative estimate of drug-likeness (QED) is 0.695. The van der Waals surface area contributed by atoms with E-state index in [1.54, 1.807) is 7.11 Å². The van der Waals surface area contributed by atoms with Crippen LogP contribution < -0.4 is 0 Å². The molecule has 0 aliphatic carbocycles. The van der Waals surface area contributed by atoms with Gasteiger partial charge in [0.25, 0.3) is 0 Å². The predicted molar refractivity (Wildman–Crippen MR) is 62.6 cm³/mol. The van der Waals surface area contributed by atoms with Crippen LogP contribution in [0.4, 0.5) is 0 Å². The lowest BCUT2D eigenvalue weighted by molar-refractivity contribution is -0.273. The monoisotopic (exact) mass is 248 g/mol. The second-order valence-electron chi connectivity index (χ2n) is 5.20. The Morgan fingerprint density at radius 3 is 2.53 bits per heavy atom. The van der Waals surface area contributed by atoms with E-state index in [4.69, 9.17) is 19.3 Å². The molecule has 0 aromatic rings. The highest BCUT2D eigenvalue weighted by Crippen LogP contribution is 2.40. The highest BCUT2D eigenvalue weighted by molar-refractivity contribution is 5.01. The van der Waals surface area contributed by atoms with E-state index >= 15 is 0 Å². The van der Waals surface area contributed by atoms with Crippen molar-refractivity contribution in [1.82, 2.24) is 0 Å². The van der Waals surface area contributed by atoms with Crippen LogP contribution in [0.1, 0.15) is 27.2 Å². The molecule has 0 saturated carbocycles. The normalized spacial score (nSPS) is 42.7. The van der Waals surface area contributed by atoms with E-state index in [0.717, 1.165) is 0 Å². The van der Waals surface area contributed by atoms with Gasteiger partial charge in [0.15, 0.2) is 0 Å². The zero-order chi connectivity index (χ0) is 13.1. The Balaban J connectivity index is 2.91. The zero-order valence-electron chi connectivity index (χ0n) is 11.1. The molecule has 0 aromatic carbocycles. The second kappa shape index (κ2) is 5.63. The smallest absolute Gasteiger partial charge is 0.144 e. The molecule has 1 saturated heterocycles. The molecule has 1 rings (SSSR count). The third kappa shape index (κ3) is 2.80. The van der Waals surface area contributed by atoms with Gasteiger partial charge in [0.05, 0.1) is 24.9 Å². The largest absolute Gasteiger partial charge is 0.387 e. The molecule has 1 aliphatic rings. The van der Waals surface area contributed by atoms with Crippen molar-refractivity contribution in [2.24, 2.45) is 5.41 Å². The summed E-state index contributed by atoms with van der Waals surface area (Å²) in [6.07, 6.45) is -0.595. The predicted octanol–water partition coefficient (Wildman–Crippen LogP) is 0.534. The Morgan fingerprint density at radius 1 is 1.41 bits per heavy atom. The van der Waals surface area contributed by atoms with Crippen LogP contribution in [0.25, 0.3) is 0 Å². The maximum absolute atomic E-state index is 10.4. The highest BCUT2D eigenvalue weighted by Gasteiger charge is 2.52. The number of methoxy groups -OCH3 is 1. The summed E-state index contributed by atoms with van der Waals surface area (Å²) in [5, 5.41) is 19.3. The molecular formula is C12H24O5. The summed E-state index contributed by atoms with van der Waals surface area (Å²) >= 11 is 0. The Kier molecular flexibility index (Phi) is 4.92. The summed E-state index contributed by atoms with van der Waals surface area (Å²) in [7, 11) is 1.60. The van der Waals surface area contributed by atoms with E-state index < -0.39 is 30.0 Å². The van der Waals surface area contributed by atoms with Gasteiger partial charge in [-0.3, -0.25) is 0 Å². The lowest BCUT2D eigenvalue weighted by Gasteiger charge is -2.50. The molecule has 4 atom stereocenters. The molecule has 0 spiro atoms. The lowest BCUT2D eigenvalue weighted by atomic mass is 9.74. The molecule has 0 radical (unpaired) electrons. The molecule has 17 heavy (non-hydrogen) atoms. The first-order valence-corrected chi connectivity index (χ1v) is 5.97. The summed E-state index contributed by atoms with van der Waals surface area (Å²) in [6, 6.07) is 0. The number of aliphatic hydroxyl groups is 2. The fourth-order valence-electron chi connectivity index (χ4n) is 2.34. The van der Waals surface area contributed by atoms with Crippen molar-refractivity contribution in [3.8, 4) is 0 Å². The van der Waals surface area contributed by atoms with Crippen LogP contribution in [0.15, 0.2) is 0 Å². The van der Waals surface area contributed by atoms with Gasteiger partial charge in [-0.25, -0.2) is 0 Å². The average Bonchev–Trinajstić information content (AvgIpc) is 2.31. The zero-order valence-corrected chi connectivity index (χ0v) is 11.1. The SMILES string of the molecule is CCC1(C)OC[C@@](C)(COC)C(OCO)C1O. The minimum absolute atomic E-state index is 0.411. The molecule has 102 valence electrons. The van der Waals surface area contributed by atoms with E-state index in [9.17, 15) is 5.11 Å². The third-order valence-electron chi connectivity index (χ3n) is 3.76. The van der Waals surface area contributed by atoms with Crippen LogP contribution in [0, 0.1) is 5.41 Å². The summed E-state index contributed by atoms with van der Waals surface area (Å²) in [4.78, 5) is 0. The topological polar surface area (TPSA) is 68.2 Å². The molecule has 0 aromatic heterocycles. The van der Waals surface area contributed by atoms with Crippen molar-refractivity contribution < 1.29 is 24.4 Å². The molecule has 1 fully saturated rings. The van der Waals surface area contributed by atoms with Gasteiger partial charge in [-0.05, 0) is 13.3 Å². The highest BCUT2D eigenvalue weighted by atomic mass is 16.6. The van der Waals surface area contributed by atoms with Gasteiger partial charge < -0.3 is 24.4 Å². The van der Waals surface area contributed by atoms with Crippen molar-refractivity contribution in [2.45, 2.75) is 45.0 Å². The number of ether oxygens (including phenoxy) is 3. The number of rotatable bonds is 5. The molecule has 3 unspecified atom stereocenters. The maximum Gasteiger partial charge on any atom is 0.144 e. The average molecular weight is 248 g/mol. The molecule has 0 bridgehead atoms. The minimum Gasteiger partial charge on any atom is -0.387 e. The van der Waals surface area contributed by atoms with Gasteiger partial charge >= 0.3 is 0 Å². The van der Waals surface area contributed by atoms with Crippen LogP contribution in [-0.2, 0) is 14.2 Å². The first kappa shape index (κ1) is 14.9. The number of hydrogen-bond acceptors (Lipinski definition) is 5. The van der Waals surface area contributed by atoms with E-state index in [2.05, 4.69) is 0 Å². The van der Waals surface area contributed by atoms with Gasteiger partial charge in [-0.15, -0.1) is 0 Å². The van der Waals surface area contributed by atoms with Crippen LogP contribution in [0.3, 0.4) is 0 Å². The van der Waals surface area contributed by atoms with Crippen molar-refractivity contribution in [3.63, 3.8) is 0 Å². The van der Waals surface area contributed by atoms with Gasteiger partial charge in [0, 0.05) is 12.5 Å². The second-order valence-corrected chi connectivity index (χ2v) is 5.20. The van der Waals surface area contributed by atoms with Crippen molar-refractivity contribution >= 4 is 0 Å². The standard InChI is InChI=1S/C12H24O5/c1-5-12(3)9(14)10(16-8-13)11(2,6-15-4)7-17-12/h9-10,13-14H,5-8H2,1-4H3/t9?,10?,11-,12?/m1/s1. The van der Waals surface area contributed by atoms with Gasteiger partial charge in [-0.1, -0.05) is 13.8 Å². The maximum atomic E-state index is 10.4. The minimum atomic E-state index is -0.784. The molecule has 2 N–H and O–H groups in total. The Labute approximate surface area is 103 Å². The Hall–Kier alpha value is -0.200. The van der Waals surface area contributed by atoms with Crippen molar-refractivity contribution in [2.75, 3.05) is 27.1 Å². The van der Waals surface area contributed by atoms with Gasteiger partial charge in [0.1, 0.15) is 12.9 Å². The molecule has 1 aliphatic heterocycles. The molecule has 0 amide bonds. The summed E-state index contributed by atoms with van der Waals surface area (Å²) in [5.41, 5.74) is -1.08. The number of aliphatic hydroxyl groups excluding tert-OH is 2. The molecule has 5 heteroatoms.